The molecule has 2 aliphatic rings. The molecule has 0 aromatic rings. The van der Waals surface area contributed by atoms with Crippen molar-refractivity contribution in [2.75, 3.05) is 19.6 Å². The first-order valence-corrected chi connectivity index (χ1v) is 8.50. The standard InChI is InChI=1S/C12H21F3N2O2S/c1-9(8-16-11-2-3-11)20(18,19)17-6-4-10(5-7-17)12(13,14)15/h9-11,16H,2-8H2,1H3. The predicted molar refractivity (Wildman–Crippen MR) is 69.8 cm³/mol. The van der Waals surface area contributed by atoms with Crippen molar-refractivity contribution in [3.63, 3.8) is 0 Å². The van der Waals surface area contributed by atoms with E-state index in [9.17, 15) is 21.6 Å². The number of hydrogen-bond donors (Lipinski definition) is 1. The maximum atomic E-state index is 12.6. The summed E-state index contributed by atoms with van der Waals surface area (Å²) in [5, 5.41) is 2.56. The lowest BCUT2D eigenvalue weighted by Crippen LogP contribution is -2.47. The third kappa shape index (κ3) is 3.85. The van der Waals surface area contributed by atoms with Crippen LogP contribution in [0.15, 0.2) is 0 Å². The molecular formula is C12H21F3N2O2S. The Morgan fingerprint density at radius 1 is 1.20 bits per heavy atom. The van der Waals surface area contributed by atoms with Gasteiger partial charge < -0.3 is 5.32 Å². The van der Waals surface area contributed by atoms with E-state index in [0.29, 0.717) is 12.6 Å². The van der Waals surface area contributed by atoms with Crippen molar-refractivity contribution >= 4 is 10.0 Å². The number of halogens is 3. The molecule has 8 heteroatoms. The topological polar surface area (TPSA) is 49.4 Å². The third-order valence-corrected chi connectivity index (χ3v) is 6.33. The fourth-order valence-electron chi connectivity index (χ4n) is 2.42. The molecule has 1 aliphatic carbocycles. The van der Waals surface area contributed by atoms with E-state index < -0.39 is 27.4 Å². The Bertz CT molecular complexity index is 426. The minimum absolute atomic E-state index is 0.0275. The van der Waals surface area contributed by atoms with Crippen molar-refractivity contribution in [2.24, 2.45) is 5.92 Å². The molecule has 1 saturated carbocycles. The first kappa shape index (κ1) is 16.0. The Labute approximate surface area is 117 Å². The van der Waals surface area contributed by atoms with Gasteiger partial charge in [0.1, 0.15) is 0 Å². The molecule has 1 atom stereocenters. The van der Waals surface area contributed by atoms with E-state index in [4.69, 9.17) is 0 Å². The third-order valence-electron chi connectivity index (χ3n) is 4.06. The molecule has 0 aromatic carbocycles. The van der Waals surface area contributed by atoms with Gasteiger partial charge in [0.15, 0.2) is 0 Å². The SMILES string of the molecule is CC(CNC1CC1)S(=O)(=O)N1CCC(C(F)(F)F)CC1. The summed E-state index contributed by atoms with van der Waals surface area (Å²) in [4.78, 5) is 0. The smallest absolute Gasteiger partial charge is 0.313 e. The Morgan fingerprint density at radius 2 is 1.75 bits per heavy atom. The van der Waals surface area contributed by atoms with Crippen LogP contribution in [0, 0.1) is 5.92 Å². The van der Waals surface area contributed by atoms with Crippen LogP contribution < -0.4 is 5.32 Å². The largest absolute Gasteiger partial charge is 0.391 e. The van der Waals surface area contributed by atoms with E-state index in [-0.39, 0.29) is 25.9 Å². The van der Waals surface area contributed by atoms with Crippen molar-refractivity contribution in [3.05, 3.63) is 0 Å². The van der Waals surface area contributed by atoms with Crippen LogP contribution in [-0.2, 0) is 10.0 Å². The summed E-state index contributed by atoms with van der Waals surface area (Å²) in [7, 11) is -3.50. The molecule has 2 rings (SSSR count). The summed E-state index contributed by atoms with van der Waals surface area (Å²) in [5.41, 5.74) is 0. The van der Waals surface area contributed by atoms with Crippen molar-refractivity contribution < 1.29 is 21.6 Å². The molecule has 1 N–H and O–H groups in total. The summed E-state index contributed by atoms with van der Waals surface area (Å²) >= 11 is 0. The van der Waals surface area contributed by atoms with Gasteiger partial charge in [0.05, 0.1) is 11.2 Å². The van der Waals surface area contributed by atoms with Gasteiger partial charge in [0.25, 0.3) is 0 Å². The molecule has 0 bridgehead atoms. The number of nitrogens with one attached hydrogen (secondary N) is 1. The van der Waals surface area contributed by atoms with E-state index in [2.05, 4.69) is 5.32 Å². The van der Waals surface area contributed by atoms with E-state index >= 15 is 0 Å². The fraction of sp³-hybridized carbons (Fsp3) is 1.00. The van der Waals surface area contributed by atoms with Crippen molar-refractivity contribution in [1.82, 2.24) is 9.62 Å². The zero-order valence-corrected chi connectivity index (χ0v) is 12.3. The molecule has 4 nitrogen and oxygen atoms in total. The molecule has 1 aliphatic heterocycles. The van der Waals surface area contributed by atoms with E-state index in [1.807, 2.05) is 0 Å². The van der Waals surface area contributed by atoms with Crippen molar-refractivity contribution in [2.45, 2.75) is 50.1 Å². The first-order chi connectivity index (χ1) is 9.21. The van der Waals surface area contributed by atoms with Gasteiger partial charge in [0.2, 0.25) is 10.0 Å². The van der Waals surface area contributed by atoms with E-state index in [1.54, 1.807) is 6.92 Å². The van der Waals surface area contributed by atoms with Crippen molar-refractivity contribution in [1.29, 1.82) is 0 Å². The highest BCUT2D eigenvalue weighted by atomic mass is 32.2. The highest BCUT2D eigenvalue weighted by Crippen LogP contribution is 2.35. The van der Waals surface area contributed by atoms with Crippen LogP contribution in [0.1, 0.15) is 32.6 Å². The zero-order valence-electron chi connectivity index (χ0n) is 11.5. The first-order valence-electron chi connectivity index (χ1n) is 7.00. The number of piperidine rings is 1. The maximum absolute atomic E-state index is 12.6. The van der Waals surface area contributed by atoms with Crippen LogP contribution in [0.25, 0.3) is 0 Å². The quantitative estimate of drug-likeness (QED) is 0.841. The molecular weight excluding hydrogens is 293 g/mol. The molecule has 2 fully saturated rings. The van der Waals surface area contributed by atoms with Gasteiger partial charge in [-0.25, -0.2) is 12.7 Å². The monoisotopic (exact) mass is 314 g/mol. The maximum Gasteiger partial charge on any atom is 0.391 e. The number of alkyl halides is 3. The van der Waals surface area contributed by atoms with Gasteiger partial charge in [-0.2, -0.15) is 13.2 Å². The molecule has 0 radical (unpaired) electrons. The molecule has 1 heterocycles. The van der Waals surface area contributed by atoms with Crippen LogP contribution in [0.4, 0.5) is 13.2 Å². The minimum Gasteiger partial charge on any atom is -0.313 e. The average molecular weight is 314 g/mol. The number of nitrogens with zero attached hydrogens (tertiary/aromatic N) is 1. The summed E-state index contributed by atoms with van der Waals surface area (Å²) in [6, 6.07) is 0.420. The summed E-state index contributed by atoms with van der Waals surface area (Å²) in [6.45, 7) is 1.92. The van der Waals surface area contributed by atoms with Gasteiger partial charge >= 0.3 is 6.18 Å². The van der Waals surface area contributed by atoms with Gasteiger partial charge in [0, 0.05) is 25.7 Å². The molecule has 1 saturated heterocycles. The lowest BCUT2D eigenvalue weighted by molar-refractivity contribution is -0.182. The van der Waals surface area contributed by atoms with Gasteiger partial charge in [-0.3, -0.25) is 0 Å². The molecule has 20 heavy (non-hydrogen) atoms. The second-order valence-electron chi connectivity index (χ2n) is 5.75. The average Bonchev–Trinajstić information content (AvgIpc) is 3.19. The van der Waals surface area contributed by atoms with Crippen LogP contribution in [0.2, 0.25) is 0 Å². The second kappa shape index (κ2) is 5.81. The molecule has 0 spiro atoms. The highest BCUT2D eigenvalue weighted by molar-refractivity contribution is 7.89. The molecule has 0 aromatic heterocycles. The van der Waals surface area contributed by atoms with Crippen LogP contribution in [0.5, 0.6) is 0 Å². The van der Waals surface area contributed by atoms with Gasteiger partial charge in [-0.1, -0.05) is 0 Å². The number of rotatable bonds is 5. The zero-order chi connectivity index (χ0) is 15.0. The highest BCUT2D eigenvalue weighted by Gasteiger charge is 2.43. The van der Waals surface area contributed by atoms with Gasteiger partial charge in [-0.15, -0.1) is 0 Å². The predicted octanol–water partition coefficient (Wildman–Crippen LogP) is 1.73. The summed E-state index contributed by atoms with van der Waals surface area (Å²) < 4.78 is 63.5. The van der Waals surface area contributed by atoms with Crippen LogP contribution >= 0.6 is 0 Å². The second-order valence-corrected chi connectivity index (χ2v) is 8.10. The number of sulfonamides is 1. The van der Waals surface area contributed by atoms with E-state index in [1.165, 1.54) is 4.31 Å². The minimum atomic E-state index is -4.21. The van der Waals surface area contributed by atoms with Crippen molar-refractivity contribution in [3.8, 4) is 0 Å². The normalized spacial score (nSPS) is 24.8. The van der Waals surface area contributed by atoms with Crippen LogP contribution in [0.3, 0.4) is 0 Å². The molecule has 0 amide bonds. The number of hydrogen-bond acceptors (Lipinski definition) is 3. The van der Waals surface area contributed by atoms with Gasteiger partial charge in [-0.05, 0) is 32.6 Å². The summed E-state index contributed by atoms with van der Waals surface area (Å²) in [5.74, 6) is -1.37. The van der Waals surface area contributed by atoms with E-state index in [0.717, 1.165) is 12.8 Å². The Balaban J connectivity index is 1.87. The fourth-order valence-corrected chi connectivity index (χ4v) is 3.95. The Hall–Kier alpha value is -0.340. The lowest BCUT2D eigenvalue weighted by atomic mass is 9.98. The Kier molecular flexibility index (Phi) is 4.66. The molecule has 1 unspecified atom stereocenters. The summed E-state index contributed by atoms with van der Waals surface area (Å²) in [6.07, 6.45) is -2.33. The Morgan fingerprint density at radius 3 is 2.20 bits per heavy atom. The van der Waals surface area contributed by atoms with Crippen LogP contribution in [-0.4, -0.2) is 49.8 Å². The molecule has 118 valence electrons. The lowest BCUT2D eigenvalue weighted by Gasteiger charge is -2.33.